The highest BCUT2D eigenvalue weighted by atomic mass is 16.3. The van der Waals surface area contributed by atoms with Crippen molar-refractivity contribution in [1.29, 1.82) is 0 Å². The molecule has 0 radical (unpaired) electrons. The monoisotopic (exact) mass is 395 g/mol. The van der Waals surface area contributed by atoms with Crippen LogP contribution in [0.1, 0.15) is 31.8 Å². The molecule has 5 aromatic rings. The van der Waals surface area contributed by atoms with E-state index in [9.17, 15) is 0 Å². The van der Waals surface area contributed by atoms with Crippen LogP contribution in [0.25, 0.3) is 44.3 Å². The topological polar surface area (TPSA) is 26.0 Å². The lowest BCUT2D eigenvalue weighted by Crippen LogP contribution is -2.08. The van der Waals surface area contributed by atoms with E-state index >= 15 is 0 Å². The van der Waals surface area contributed by atoms with Crippen molar-refractivity contribution in [2.24, 2.45) is 5.41 Å². The zero-order chi connectivity index (χ0) is 24.3. The van der Waals surface area contributed by atoms with E-state index in [1.165, 1.54) is 0 Å². The third-order valence-electron chi connectivity index (χ3n) is 4.99. The van der Waals surface area contributed by atoms with Gasteiger partial charge in [-0.05, 0) is 52.7 Å². The first-order valence-corrected chi connectivity index (χ1v) is 10.1. The average molecular weight is 396 g/mol. The molecule has 0 saturated carbocycles. The van der Waals surface area contributed by atoms with E-state index in [1.54, 1.807) is 24.4 Å². The van der Waals surface area contributed by atoms with Gasteiger partial charge >= 0.3 is 0 Å². The Labute approximate surface area is 182 Å². The quantitative estimate of drug-likeness (QED) is 0.310. The molecule has 0 amide bonds. The van der Waals surface area contributed by atoms with Gasteiger partial charge in [0.1, 0.15) is 11.2 Å². The molecule has 30 heavy (non-hydrogen) atoms. The number of rotatable bonds is 3. The Hall–Kier alpha value is -3.39. The van der Waals surface area contributed by atoms with Gasteiger partial charge in [0, 0.05) is 25.3 Å². The highest BCUT2D eigenvalue weighted by Gasteiger charge is 2.14. The van der Waals surface area contributed by atoms with Crippen LogP contribution in [-0.2, 0) is 6.37 Å². The highest BCUT2D eigenvalue weighted by Crippen LogP contribution is 2.36. The zero-order valence-electron chi connectivity index (χ0n) is 21.3. The summed E-state index contributed by atoms with van der Waals surface area (Å²) in [5.41, 5.74) is 3.92. The molecule has 2 nitrogen and oxygen atoms in total. The summed E-state index contributed by atoms with van der Waals surface area (Å²) >= 11 is 0. The van der Waals surface area contributed by atoms with Gasteiger partial charge in [-0.3, -0.25) is 4.98 Å². The standard InChI is InChI=1S/C28H25NO/c1-28(2,3)18-19-11-13-20(14-12-19)21-15-16-29-25(17-21)24-9-6-8-23-22-7-4-5-10-26(22)30-27(23)24/h4-17H,18H2,1-3H3/i13D,14D,18D2. The highest BCUT2D eigenvalue weighted by molar-refractivity contribution is 6.09. The largest absolute Gasteiger partial charge is 0.455 e. The Bertz CT molecular complexity index is 1520. The molecule has 0 bridgehead atoms. The van der Waals surface area contributed by atoms with Gasteiger partial charge in [0.05, 0.1) is 8.44 Å². The van der Waals surface area contributed by atoms with Crippen LogP contribution in [-0.4, -0.2) is 4.98 Å². The van der Waals surface area contributed by atoms with Crippen molar-refractivity contribution in [3.63, 3.8) is 0 Å². The average Bonchev–Trinajstić information content (AvgIpc) is 3.17. The predicted octanol–water partition coefficient (Wildman–Crippen LogP) is 7.90. The van der Waals surface area contributed by atoms with Crippen LogP contribution >= 0.6 is 0 Å². The summed E-state index contributed by atoms with van der Waals surface area (Å²) in [4.78, 5) is 4.56. The summed E-state index contributed by atoms with van der Waals surface area (Å²) in [6.07, 6.45) is 0.00480. The first kappa shape index (κ1) is 14.6. The molecule has 5 rings (SSSR count). The van der Waals surface area contributed by atoms with Crippen molar-refractivity contribution in [1.82, 2.24) is 4.98 Å². The molecular formula is C28H25NO. The van der Waals surface area contributed by atoms with Crippen LogP contribution < -0.4 is 0 Å². The molecule has 0 aliphatic rings. The minimum absolute atomic E-state index is 0.120. The molecule has 0 aliphatic carbocycles. The van der Waals surface area contributed by atoms with Gasteiger partial charge in [-0.25, -0.2) is 0 Å². The minimum Gasteiger partial charge on any atom is -0.455 e. The molecule has 2 aromatic heterocycles. The lowest BCUT2D eigenvalue weighted by Gasteiger charge is -2.18. The first-order valence-electron chi connectivity index (χ1n) is 12.1. The lowest BCUT2D eigenvalue weighted by molar-refractivity contribution is 0.411. The number of nitrogens with zero attached hydrogens (tertiary/aromatic N) is 1. The fraction of sp³-hybridized carbons (Fsp3) is 0.179. The molecule has 2 heteroatoms. The summed E-state index contributed by atoms with van der Waals surface area (Å²) in [7, 11) is 0. The van der Waals surface area contributed by atoms with E-state index in [1.807, 2.05) is 69.3 Å². The molecule has 0 N–H and O–H groups in total. The Morgan fingerprint density at radius 1 is 0.900 bits per heavy atom. The summed E-state index contributed by atoms with van der Waals surface area (Å²) in [5, 5.41) is 2.05. The van der Waals surface area contributed by atoms with Crippen LogP contribution in [0.4, 0.5) is 0 Å². The number of hydrogen-bond donors (Lipinski definition) is 0. The van der Waals surface area contributed by atoms with Gasteiger partial charge < -0.3 is 4.42 Å². The zero-order valence-corrected chi connectivity index (χ0v) is 17.3. The number of aromatic nitrogens is 1. The van der Waals surface area contributed by atoms with Crippen LogP contribution in [0.5, 0.6) is 0 Å². The second-order valence-electron chi connectivity index (χ2n) is 8.49. The lowest BCUT2D eigenvalue weighted by atomic mass is 9.87. The smallest absolute Gasteiger partial charge is 0.144 e. The van der Waals surface area contributed by atoms with Crippen LogP contribution in [0.3, 0.4) is 0 Å². The van der Waals surface area contributed by atoms with Gasteiger partial charge in [-0.15, -0.1) is 0 Å². The molecule has 0 spiro atoms. The first-order chi connectivity index (χ1) is 16.1. The Morgan fingerprint density at radius 2 is 1.67 bits per heavy atom. The Kier molecular flexibility index (Phi) is 3.47. The van der Waals surface area contributed by atoms with E-state index in [4.69, 9.17) is 9.90 Å². The number of pyridine rings is 1. The van der Waals surface area contributed by atoms with Gasteiger partial charge in [-0.1, -0.05) is 75.3 Å². The van der Waals surface area contributed by atoms with Gasteiger partial charge in [0.15, 0.2) is 0 Å². The summed E-state index contributed by atoms with van der Waals surface area (Å²) in [6, 6.07) is 20.8. The molecule has 0 unspecified atom stereocenters. The predicted molar refractivity (Wildman–Crippen MR) is 126 cm³/mol. The Balaban J connectivity index is 1.64. The fourth-order valence-electron chi connectivity index (χ4n) is 3.74. The van der Waals surface area contributed by atoms with Crippen LogP contribution in [0.15, 0.2) is 89.4 Å². The van der Waals surface area contributed by atoms with Crippen molar-refractivity contribution in [3.05, 3.63) is 90.6 Å². The molecule has 0 fully saturated rings. The normalized spacial score (nSPS) is 14.4. The van der Waals surface area contributed by atoms with Crippen molar-refractivity contribution >= 4 is 21.9 Å². The third kappa shape index (κ3) is 3.50. The number of furan rings is 1. The molecule has 3 aromatic carbocycles. The maximum atomic E-state index is 8.63. The molecule has 0 aliphatic heterocycles. The number of fused-ring (bicyclic) bond motifs is 3. The number of hydrogen-bond acceptors (Lipinski definition) is 2. The van der Waals surface area contributed by atoms with Crippen molar-refractivity contribution in [3.8, 4) is 22.4 Å². The molecule has 0 atom stereocenters. The van der Waals surface area contributed by atoms with E-state index in [2.05, 4.69) is 4.98 Å². The SMILES string of the molecule is [2H]c1cc(C([2H])([2H])C(C)(C)C)cc([2H])c1-c1ccnc(-c2cccc3c2oc2ccccc23)c1. The van der Waals surface area contributed by atoms with Crippen LogP contribution in [0, 0.1) is 5.41 Å². The summed E-state index contributed by atoms with van der Waals surface area (Å²) < 4.78 is 40.5. The molecule has 148 valence electrons. The summed E-state index contributed by atoms with van der Waals surface area (Å²) in [6.45, 7) is 5.46. The van der Waals surface area contributed by atoms with E-state index in [0.29, 0.717) is 22.4 Å². The second kappa shape index (κ2) is 7.14. The van der Waals surface area contributed by atoms with Crippen molar-refractivity contribution in [2.45, 2.75) is 27.1 Å². The van der Waals surface area contributed by atoms with Gasteiger partial charge in [-0.2, -0.15) is 0 Å². The maximum Gasteiger partial charge on any atom is 0.144 e. The molecule has 2 heterocycles. The van der Waals surface area contributed by atoms with Gasteiger partial charge in [0.25, 0.3) is 0 Å². The van der Waals surface area contributed by atoms with E-state index in [-0.39, 0.29) is 12.1 Å². The van der Waals surface area contributed by atoms with Gasteiger partial charge in [0.2, 0.25) is 0 Å². The van der Waals surface area contributed by atoms with E-state index < -0.39 is 11.8 Å². The maximum absolute atomic E-state index is 8.63. The second-order valence-corrected chi connectivity index (χ2v) is 8.49. The molecule has 0 saturated heterocycles. The molecular weight excluding hydrogens is 366 g/mol. The number of para-hydroxylation sites is 2. The van der Waals surface area contributed by atoms with Crippen LogP contribution in [0.2, 0.25) is 0 Å². The van der Waals surface area contributed by atoms with Crippen molar-refractivity contribution < 1.29 is 9.90 Å². The van der Waals surface area contributed by atoms with E-state index in [0.717, 1.165) is 27.5 Å². The summed E-state index contributed by atoms with van der Waals surface area (Å²) in [5.74, 6) is 0. The minimum atomic E-state index is -1.67. The third-order valence-corrected chi connectivity index (χ3v) is 4.99. The number of benzene rings is 3. The van der Waals surface area contributed by atoms with Crippen molar-refractivity contribution in [2.75, 3.05) is 0 Å². The fourth-order valence-corrected chi connectivity index (χ4v) is 3.74. The Morgan fingerprint density at radius 3 is 2.47 bits per heavy atom.